The maximum atomic E-state index is 12.0. The molecule has 2 aromatic rings. The van der Waals surface area contributed by atoms with Gasteiger partial charge in [0, 0.05) is 42.0 Å². The summed E-state index contributed by atoms with van der Waals surface area (Å²) < 4.78 is 0. The standard InChI is InChI=1S/C27H40N4O/c1-19(2)23-7-6-10-26(30-23)27(32)13-16-31(4)18-22(27)17-20(3)24-8-5-9-25(29-24)21-11-14-28-15-12-21/h5-10,19-22,28,32H,11-18H2,1-4H3. The van der Waals surface area contributed by atoms with Crippen LogP contribution in [-0.4, -0.2) is 53.2 Å². The Morgan fingerprint density at radius 3 is 2.53 bits per heavy atom. The fraction of sp³-hybridized carbons (Fsp3) is 0.630. The highest BCUT2D eigenvalue weighted by Crippen LogP contribution is 2.41. The average molecular weight is 437 g/mol. The molecule has 4 heterocycles. The van der Waals surface area contributed by atoms with E-state index >= 15 is 0 Å². The van der Waals surface area contributed by atoms with E-state index in [1.54, 1.807) is 0 Å². The lowest BCUT2D eigenvalue weighted by molar-refractivity contribution is -0.0811. The van der Waals surface area contributed by atoms with E-state index in [4.69, 9.17) is 9.97 Å². The average Bonchev–Trinajstić information content (AvgIpc) is 2.82. The van der Waals surface area contributed by atoms with Crippen molar-refractivity contribution in [2.45, 2.75) is 69.8 Å². The lowest BCUT2D eigenvalue weighted by atomic mass is 9.73. The Labute approximate surface area is 193 Å². The number of nitrogens with zero attached hydrogens (tertiary/aromatic N) is 3. The fourth-order valence-electron chi connectivity index (χ4n) is 5.44. The highest BCUT2D eigenvalue weighted by atomic mass is 16.3. The Morgan fingerprint density at radius 2 is 1.78 bits per heavy atom. The Kier molecular flexibility index (Phi) is 7.28. The van der Waals surface area contributed by atoms with Crippen LogP contribution in [0, 0.1) is 5.92 Å². The first-order valence-corrected chi connectivity index (χ1v) is 12.4. The molecule has 0 amide bonds. The third-order valence-corrected chi connectivity index (χ3v) is 7.58. The van der Waals surface area contributed by atoms with Crippen molar-refractivity contribution in [3.8, 4) is 0 Å². The molecule has 174 valence electrons. The summed E-state index contributed by atoms with van der Waals surface area (Å²) in [4.78, 5) is 12.4. The first-order valence-electron chi connectivity index (χ1n) is 12.4. The number of likely N-dealkylation sites (tertiary alicyclic amines) is 1. The molecule has 4 rings (SSSR count). The normalized spacial score (nSPS) is 26.4. The zero-order valence-corrected chi connectivity index (χ0v) is 20.2. The molecule has 2 fully saturated rings. The van der Waals surface area contributed by atoms with Crippen molar-refractivity contribution in [3.05, 3.63) is 59.2 Å². The van der Waals surface area contributed by atoms with Gasteiger partial charge in [0.25, 0.3) is 0 Å². The van der Waals surface area contributed by atoms with Gasteiger partial charge in [-0.1, -0.05) is 32.9 Å². The molecule has 2 N–H and O–H groups in total. The van der Waals surface area contributed by atoms with Crippen LogP contribution in [0.3, 0.4) is 0 Å². The molecule has 2 aromatic heterocycles. The molecular formula is C27H40N4O. The molecule has 3 unspecified atom stereocenters. The third-order valence-electron chi connectivity index (χ3n) is 7.58. The second-order valence-corrected chi connectivity index (χ2v) is 10.4. The minimum atomic E-state index is -0.891. The maximum Gasteiger partial charge on any atom is 0.112 e. The molecule has 5 nitrogen and oxygen atoms in total. The number of pyridine rings is 2. The van der Waals surface area contributed by atoms with E-state index < -0.39 is 5.60 Å². The monoisotopic (exact) mass is 436 g/mol. The first kappa shape index (κ1) is 23.3. The van der Waals surface area contributed by atoms with Crippen molar-refractivity contribution in [2.24, 2.45) is 5.92 Å². The first-order chi connectivity index (χ1) is 15.4. The molecule has 0 bridgehead atoms. The smallest absolute Gasteiger partial charge is 0.112 e. The molecule has 5 heteroatoms. The lowest BCUT2D eigenvalue weighted by Gasteiger charge is -2.44. The van der Waals surface area contributed by atoms with E-state index in [0.717, 1.165) is 68.9 Å². The van der Waals surface area contributed by atoms with Crippen LogP contribution in [0.4, 0.5) is 0 Å². The van der Waals surface area contributed by atoms with Crippen LogP contribution in [0.2, 0.25) is 0 Å². The van der Waals surface area contributed by atoms with E-state index in [1.165, 1.54) is 5.69 Å². The number of aromatic nitrogens is 2. The van der Waals surface area contributed by atoms with E-state index in [9.17, 15) is 5.11 Å². The quantitative estimate of drug-likeness (QED) is 0.703. The SMILES string of the molecule is CC(C)c1cccc(C2(O)CCN(C)CC2CC(C)c2cccc(C3CCNCC3)n2)n1. The lowest BCUT2D eigenvalue weighted by Crippen LogP contribution is -2.49. The number of piperidine rings is 2. The van der Waals surface area contributed by atoms with Gasteiger partial charge in [0.2, 0.25) is 0 Å². The van der Waals surface area contributed by atoms with Crippen molar-refractivity contribution < 1.29 is 5.11 Å². The minimum absolute atomic E-state index is 0.121. The Morgan fingerprint density at radius 1 is 1.06 bits per heavy atom. The van der Waals surface area contributed by atoms with Gasteiger partial charge in [-0.3, -0.25) is 9.97 Å². The van der Waals surface area contributed by atoms with Gasteiger partial charge in [-0.05, 0) is 81.9 Å². The molecule has 0 aromatic carbocycles. The number of rotatable bonds is 6. The van der Waals surface area contributed by atoms with Gasteiger partial charge in [-0.15, -0.1) is 0 Å². The molecule has 0 radical (unpaired) electrons. The van der Waals surface area contributed by atoms with E-state index in [-0.39, 0.29) is 11.8 Å². The summed E-state index contributed by atoms with van der Waals surface area (Å²) in [6.45, 7) is 10.5. The third kappa shape index (κ3) is 5.05. The summed E-state index contributed by atoms with van der Waals surface area (Å²) in [5.74, 6) is 1.32. The molecule has 32 heavy (non-hydrogen) atoms. The van der Waals surface area contributed by atoms with Crippen LogP contribution < -0.4 is 5.32 Å². The topological polar surface area (TPSA) is 61.3 Å². The maximum absolute atomic E-state index is 12.0. The summed E-state index contributed by atoms with van der Waals surface area (Å²) in [7, 11) is 2.16. The Hall–Kier alpha value is -1.82. The summed E-state index contributed by atoms with van der Waals surface area (Å²) in [5.41, 5.74) is 3.39. The second kappa shape index (κ2) is 9.98. The number of aliphatic hydroxyl groups is 1. The van der Waals surface area contributed by atoms with Crippen molar-refractivity contribution in [1.82, 2.24) is 20.2 Å². The molecule has 0 aliphatic carbocycles. The van der Waals surface area contributed by atoms with Gasteiger partial charge < -0.3 is 15.3 Å². The Bertz CT molecular complexity index is 895. The fourth-order valence-corrected chi connectivity index (χ4v) is 5.44. The van der Waals surface area contributed by atoms with Crippen LogP contribution in [0.1, 0.15) is 87.0 Å². The van der Waals surface area contributed by atoms with Gasteiger partial charge in [0.05, 0.1) is 5.69 Å². The van der Waals surface area contributed by atoms with Gasteiger partial charge in [-0.2, -0.15) is 0 Å². The summed E-state index contributed by atoms with van der Waals surface area (Å²) in [5, 5.41) is 15.4. The van der Waals surface area contributed by atoms with E-state index in [1.807, 2.05) is 6.07 Å². The van der Waals surface area contributed by atoms with Gasteiger partial charge in [-0.25, -0.2) is 0 Å². The van der Waals surface area contributed by atoms with Crippen LogP contribution in [0.25, 0.3) is 0 Å². The van der Waals surface area contributed by atoms with Crippen molar-refractivity contribution in [2.75, 3.05) is 33.2 Å². The summed E-state index contributed by atoms with van der Waals surface area (Å²) in [6, 6.07) is 12.7. The largest absolute Gasteiger partial charge is 0.383 e. The molecule has 3 atom stereocenters. The van der Waals surface area contributed by atoms with Crippen LogP contribution >= 0.6 is 0 Å². The van der Waals surface area contributed by atoms with Gasteiger partial charge in [0.15, 0.2) is 0 Å². The molecule has 2 saturated heterocycles. The molecule has 2 aliphatic rings. The zero-order valence-electron chi connectivity index (χ0n) is 20.2. The van der Waals surface area contributed by atoms with E-state index in [2.05, 4.69) is 68.4 Å². The zero-order chi connectivity index (χ0) is 22.7. The van der Waals surface area contributed by atoms with Crippen LogP contribution in [0.5, 0.6) is 0 Å². The number of hydrogen-bond donors (Lipinski definition) is 2. The van der Waals surface area contributed by atoms with Crippen LogP contribution in [0.15, 0.2) is 36.4 Å². The predicted octanol–water partition coefficient (Wildman–Crippen LogP) is 4.40. The number of hydrogen-bond acceptors (Lipinski definition) is 5. The highest BCUT2D eigenvalue weighted by Gasteiger charge is 2.44. The molecule has 2 aliphatic heterocycles. The molecule has 0 saturated carbocycles. The Balaban J connectivity index is 1.56. The van der Waals surface area contributed by atoms with Gasteiger partial charge >= 0.3 is 0 Å². The summed E-state index contributed by atoms with van der Waals surface area (Å²) in [6.07, 6.45) is 3.95. The summed E-state index contributed by atoms with van der Waals surface area (Å²) >= 11 is 0. The minimum Gasteiger partial charge on any atom is -0.383 e. The van der Waals surface area contributed by atoms with Crippen molar-refractivity contribution in [1.29, 1.82) is 0 Å². The number of nitrogens with one attached hydrogen (secondary N) is 1. The van der Waals surface area contributed by atoms with E-state index in [0.29, 0.717) is 11.8 Å². The van der Waals surface area contributed by atoms with Crippen molar-refractivity contribution in [3.63, 3.8) is 0 Å². The predicted molar refractivity (Wildman–Crippen MR) is 130 cm³/mol. The second-order valence-electron chi connectivity index (χ2n) is 10.4. The van der Waals surface area contributed by atoms with Crippen LogP contribution in [-0.2, 0) is 5.60 Å². The van der Waals surface area contributed by atoms with Crippen molar-refractivity contribution >= 4 is 0 Å². The molecular weight excluding hydrogens is 396 g/mol. The molecule has 0 spiro atoms. The highest BCUT2D eigenvalue weighted by molar-refractivity contribution is 5.23. The van der Waals surface area contributed by atoms with Gasteiger partial charge in [0.1, 0.15) is 5.60 Å².